The second-order valence-electron chi connectivity index (χ2n) is 3.35. The van der Waals surface area contributed by atoms with Gasteiger partial charge in [0.05, 0.1) is 6.61 Å². The number of ketones is 1. The van der Waals surface area contributed by atoms with E-state index in [1.807, 2.05) is 0 Å². The minimum Gasteiger partial charge on any atom is -0.507 e. The molecule has 0 aliphatic heterocycles. The van der Waals surface area contributed by atoms with Gasteiger partial charge in [0, 0.05) is 11.6 Å². The van der Waals surface area contributed by atoms with E-state index in [1.54, 1.807) is 13.0 Å². The van der Waals surface area contributed by atoms with Crippen molar-refractivity contribution in [2.24, 2.45) is 0 Å². The number of ether oxygens (including phenoxy) is 1. The summed E-state index contributed by atoms with van der Waals surface area (Å²) in [5.41, 5.74) is 0.0820. The molecule has 1 aromatic carbocycles. The summed E-state index contributed by atoms with van der Waals surface area (Å²) in [6.07, 6.45) is -4.85. The van der Waals surface area contributed by atoms with Crippen molar-refractivity contribution >= 4 is 11.5 Å². The maximum Gasteiger partial charge on any atom is 0.454 e. The van der Waals surface area contributed by atoms with Gasteiger partial charge in [-0.1, -0.05) is 12.1 Å². The highest BCUT2D eigenvalue weighted by Crippen LogP contribution is 2.22. The molecule has 0 aromatic heterocycles. The van der Waals surface area contributed by atoms with E-state index in [0.29, 0.717) is 12.4 Å². The zero-order valence-corrected chi connectivity index (χ0v) is 9.49. The Labute approximate surface area is 101 Å². The van der Waals surface area contributed by atoms with Crippen LogP contribution in [0.3, 0.4) is 0 Å². The number of hydrogen-bond acceptors (Lipinski definition) is 3. The maximum atomic E-state index is 12.0. The smallest absolute Gasteiger partial charge is 0.454 e. The summed E-state index contributed by atoms with van der Waals surface area (Å²) in [7, 11) is 0. The topological polar surface area (TPSA) is 46.5 Å². The maximum absolute atomic E-state index is 12.0. The molecule has 0 bridgehead atoms. The Morgan fingerprint density at radius 2 is 2.11 bits per heavy atom. The fraction of sp³-hybridized carbons (Fsp3) is 0.250. The Balaban J connectivity index is 2.96. The van der Waals surface area contributed by atoms with Crippen molar-refractivity contribution in [1.29, 1.82) is 0 Å². The number of halogens is 3. The first-order valence-electron chi connectivity index (χ1n) is 5.09. The van der Waals surface area contributed by atoms with Crippen molar-refractivity contribution in [3.05, 3.63) is 35.9 Å². The predicted molar refractivity (Wildman–Crippen MR) is 59.3 cm³/mol. The summed E-state index contributed by atoms with van der Waals surface area (Å²) in [5, 5.41) is 9.43. The van der Waals surface area contributed by atoms with Gasteiger partial charge in [-0.25, -0.2) is 0 Å². The van der Waals surface area contributed by atoms with Crippen molar-refractivity contribution in [2.75, 3.05) is 6.61 Å². The van der Waals surface area contributed by atoms with Crippen molar-refractivity contribution in [3.8, 4) is 5.75 Å². The average molecular weight is 260 g/mol. The number of carbonyl (C=O) groups is 1. The highest BCUT2D eigenvalue weighted by atomic mass is 19.4. The number of hydrogen-bond donors (Lipinski definition) is 1. The highest BCUT2D eigenvalue weighted by Gasteiger charge is 2.36. The largest absolute Gasteiger partial charge is 0.507 e. The van der Waals surface area contributed by atoms with Gasteiger partial charge in [0.1, 0.15) is 11.5 Å². The van der Waals surface area contributed by atoms with E-state index in [1.165, 1.54) is 18.2 Å². The third-order valence-corrected chi connectivity index (χ3v) is 1.99. The molecule has 0 atom stereocenters. The third-order valence-electron chi connectivity index (χ3n) is 1.99. The summed E-state index contributed by atoms with van der Waals surface area (Å²) < 4.78 is 41.1. The molecule has 1 N–H and O–H groups in total. The lowest BCUT2D eigenvalue weighted by molar-refractivity contribution is -0.165. The van der Waals surface area contributed by atoms with Gasteiger partial charge in [-0.15, -0.1) is 0 Å². The molecule has 18 heavy (non-hydrogen) atoms. The normalized spacial score (nSPS) is 12.3. The van der Waals surface area contributed by atoms with Crippen LogP contribution in [-0.2, 0) is 4.79 Å². The number of alkyl halides is 3. The molecule has 0 saturated heterocycles. The van der Waals surface area contributed by atoms with Crippen LogP contribution in [0.1, 0.15) is 12.5 Å². The second kappa shape index (κ2) is 5.57. The van der Waals surface area contributed by atoms with Crippen LogP contribution >= 0.6 is 0 Å². The summed E-state index contributed by atoms with van der Waals surface area (Å²) in [6.45, 7) is 2.13. The molecule has 0 aliphatic carbocycles. The molecule has 0 heterocycles. The molecule has 1 rings (SSSR count). The van der Waals surface area contributed by atoms with Crippen LogP contribution in [0.15, 0.2) is 30.3 Å². The van der Waals surface area contributed by atoms with E-state index in [0.717, 1.165) is 0 Å². The van der Waals surface area contributed by atoms with Crippen LogP contribution in [-0.4, -0.2) is 23.7 Å². The molecular formula is C12H11F3O3. The minimum atomic E-state index is -4.99. The van der Waals surface area contributed by atoms with Gasteiger partial charge in [-0.3, -0.25) is 4.79 Å². The number of benzene rings is 1. The molecule has 0 radical (unpaired) electrons. The summed E-state index contributed by atoms with van der Waals surface area (Å²) in [4.78, 5) is 10.7. The van der Waals surface area contributed by atoms with Crippen LogP contribution in [0.5, 0.6) is 5.75 Å². The van der Waals surface area contributed by atoms with Crippen molar-refractivity contribution < 1.29 is 27.8 Å². The Morgan fingerprint density at radius 1 is 1.44 bits per heavy atom. The number of aliphatic hydroxyl groups excluding tert-OH is 1. The van der Waals surface area contributed by atoms with Crippen LogP contribution in [0.2, 0.25) is 0 Å². The Morgan fingerprint density at radius 3 is 2.67 bits per heavy atom. The van der Waals surface area contributed by atoms with E-state index in [2.05, 4.69) is 0 Å². The van der Waals surface area contributed by atoms with Crippen molar-refractivity contribution in [3.63, 3.8) is 0 Å². The fourth-order valence-corrected chi connectivity index (χ4v) is 1.20. The van der Waals surface area contributed by atoms with Gasteiger partial charge in [0.25, 0.3) is 5.78 Å². The van der Waals surface area contributed by atoms with E-state index < -0.39 is 17.7 Å². The van der Waals surface area contributed by atoms with E-state index in [-0.39, 0.29) is 11.6 Å². The first-order chi connectivity index (χ1) is 8.34. The Kier molecular flexibility index (Phi) is 4.36. The molecule has 0 unspecified atom stereocenters. The molecular weight excluding hydrogens is 249 g/mol. The summed E-state index contributed by atoms with van der Waals surface area (Å²) in [5.74, 6) is -2.46. The first-order valence-corrected chi connectivity index (χ1v) is 5.09. The van der Waals surface area contributed by atoms with Crippen molar-refractivity contribution in [1.82, 2.24) is 0 Å². The molecule has 1 aromatic rings. The lowest BCUT2D eigenvalue weighted by Gasteiger charge is -2.06. The minimum absolute atomic E-state index is 0.0820. The first kappa shape index (κ1) is 14.1. The third kappa shape index (κ3) is 3.80. The molecule has 0 saturated carbocycles. The van der Waals surface area contributed by atoms with Gasteiger partial charge in [-0.2, -0.15) is 13.2 Å². The van der Waals surface area contributed by atoms with Gasteiger partial charge in [0.2, 0.25) is 0 Å². The van der Waals surface area contributed by atoms with Gasteiger partial charge >= 0.3 is 6.18 Å². The molecule has 0 spiro atoms. The lowest BCUT2D eigenvalue weighted by Crippen LogP contribution is -2.20. The molecule has 0 fully saturated rings. The molecule has 98 valence electrons. The Hall–Kier alpha value is -1.98. The summed E-state index contributed by atoms with van der Waals surface area (Å²) in [6, 6.07) is 5.81. The van der Waals surface area contributed by atoms with Crippen LogP contribution in [0.25, 0.3) is 5.76 Å². The van der Waals surface area contributed by atoms with Crippen LogP contribution in [0, 0.1) is 0 Å². The molecule has 6 heteroatoms. The number of aliphatic hydroxyl groups is 1. The summed E-state index contributed by atoms with van der Waals surface area (Å²) >= 11 is 0. The standard InChI is InChI=1S/C12H11F3O3/c1-2-18-9-5-3-4-8(6-9)10(16)7-11(17)12(13,14)15/h3-7,16H,2H2,1H3. The van der Waals surface area contributed by atoms with Gasteiger partial charge in [0.15, 0.2) is 0 Å². The zero-order valence-electron chi connectivity index (χ0n) is 9.49. The SMILES string of the molecule is CCOc1cccc(C(O)=CC(=O)C(F)(F)F)c1. The lowest BCUT2D eigenvalue weighted by atomic mass is 10.1. The Bertz CT molecular complexity index is 464. The van der Waals surface area contributed by atoms with Crippen LogP contribution < -0.4 is 4.74 Å². The zero-order chi connectivity index (χ0) is 13.8. The highest BCUT2D eigenvalue weighted by molar-refractivity contribution is 5.99. The number of carbonyl (C=O) groups excluding carboxylic acids is 1. The average Bonchev–Trinajstić information content (AvgIpc) is 2.28. The predicted octanol–water partition coefficient (Wildman–Crippen LogP) is 3.12. The molecule has 0 aliphatic rings. The van der Waals surface area contributed by atoms with E-state index in [9.17, 15) is 23.1 Å². The van der Waals surface area contributed by atoms with E-state index in [4.69, 9.17) is 4.74 Å². The number of rotatable bonds is 4. The van der Waals surface area contributed by atoms with Gasteiger partial charge < -0.3 is 9.84 Å². The molecule has 0 amide bonds. The molecule has 3 nitrogen and oxygen atoms in total. The quantitative estimate of drug-likeness (QED) is 0.668. The van der Waals surface area contributed by atoms with Gasteiger partial charge in [-0.05, 0) is 19.1 Å². The van der Waals surface area contributed by atoms with E-state index >= 15 is 0 Å². The fourth-order valence-electron chi connectivity index (χ4n) is 1.20. The van der Waals surface area contributed by atoms with Crippen molar-refractivity contribution in [2.45, 2.75) is 13.1 Å². The monoisotopic (exact) mass is 260 g/mol. The number of allylic oxidation sites excluding steroid dienone is 1. The van der Waals surface area contributed by atoms with Crippen LogP contribution in [0.4, 0.5) is 13.2 Å². The second-order valence-corrected chi connectivity index (χ2v) is 3.35.